The summed E-state index contributed by atoms with van der Waals surface area (Å²) < 4.78 is 0. The predicted octanol–water partition coefficient (Wildman–Crippen LogP) is 4.88. The fraction of sp³-hybridized carbons (Fsp3) is 0.391. The Morgan fingerprint density at radius 1 is 0.963 bits per heavy atom. The highest BCUT2D eigenvalue weighted by atomic mass is 16.2. The zero-order chi connectivity index (χ0) is 19.1. The first kappa shape index (κ1) is 19.2. The molecule has 142 valence electrons. The molecule has 1 aliphatic carbocycles. The molecule has 0 heterocycles. The molecule has 0 unspecified atom stereocenters. The van der Waals surface area contributed by atoms with Gasteiger partial charge in [0.1, 0.15) is 0 Å². The van der Waals surface area contributed by atoms with Crippen LogP contribution < -0.4 is 10.6 Å². The van der Waals surface area contributed by atoms with E-state index >= 15 is 0 Å². The van der Waals surface area contributed by atoms with E-state index in [1.807, 2.05) is 49.4 Å². The highest BCUT2D eigenvalue weighted by Gasteiger charge is 2.22. The van der Waals surface area contributed by atoms with Gasteiger partial charge < -0.3 is 10.6 Å². The van der Waals surface area contributed by atoms with Gasteiger partial charge in [-0.3, -0.25) is 9.59 Å². The fourth-order valence-electron chi connectivity index (χ4n) is 3.78. The third-order valence-electron chi connectivity index (χ3n) is 5.30. The van der Waals surface area contributed by atoms with Gasteiger partial charge in [0.25, 0.3) is 5.91 Å². The van der Waals surface area contributed by atoms with Crippen LogP contribution in [0, 0.1) is 0 Å². The summed E-state index contributed by atoms with van der Waals surface area (Å²) in [5.74, 6) is -0.423. The Labute approximate surface area is 161 Å². The third-order valence-corrected chi connectivity index (χ3v) is 5.30. The van der Waals surface area contributed by atoms with E-state index in [1.165, 1.54) is 19.3 Å². The van der Waals surface area contributed by atoms with Gasteiger partial charge >= 0.3 is 0 Å². The molecule has 2 aromatic carbocycles. The van der Waals surface area contributed by atoms with Crippen LogP contribution in [0.3, 0.4) is 0 Å². The number of hydrogen-bond donors (Lipinski definition) is 2. The number of para-hydroxylation sites is 1. The summed E-state index contributed by atoms with van der Waals surface area (Å²) in [6.45, 7) is 2.00. The Bertz CT molecular complexity index is 767. The summed E-state index contributed by atoms with van der Waals surface area (Å²) in [5.41, 5.74) is 2.09. The Balaban J connectivity index is 1.73. The molecule has 1 aliphatic rings. The standard InChI is InChI=1S/C23H28N2O2/c1-2-19(17-11-5-3-6-12-17)22(26)25-21-16-10-9-15-20(21)23(27)24-18-13-7-4-8-14-18/h3,5-6,9-12,15-16,18-19H,2,4,7-8,13-14H2,1H3,(H,24,27)(H,25,26)/t19-/m0/s1. The van der Waals surface area contributed by atoms with E-state index in [0.29, 0.717) is 17.7 Å². The van der Waals surface area contributed by atoms with Crippen LogP contribution in [0.25, 0.3) is 0 Å². The molecule has 27 heavy (non-hydrogen) atoms. The monoisotopic (exact) mass is 364 g/mol. The van der Waals surface area contributed by atoms with Gasteiger partial charge in [0.15, 0.2) is 0 Å². The van der Waals surface area contributed by atoms with Gasteiger partial charge in [-0.25, -0.2) is 0 Å². The average Bonchev–Trinajstić information content (AvgIpc) is 2.70. The number of benzene rings is 2. The Morgan fingerprint density at radius 3 is 2.33 bits per heavy atom. The molecule has 2 aromatic rings. The molecule has 1 atom stereocenters. The van der Waals surface area contributed by atoms with Crippen molar-refractivity contribution in [2.24, 2.45) is 0 Å². The average molecular weight is 364 g/mol. The summed E-state index contributed by atoms with van der Waals surface area (Å²) in [5, 5.41) is 6.11. The van der Waals surface area contributed by atoms with E-state index in [1.54, 1.807) is 12.1 Å². The minimum absolute atomic E-state index is 0.0818. The Hall–Kier alpha value is -2.62. The third kappa shape index (κ3) is 4.97. The maximum absolute atomic E-state index is 12.9. The molecule has 2 N–H and O–H groups in total. The molecular weight excluding hydrogens is 336 g/mol. The highest BCUT2D eigenvalue weighted by Crippen LogP contribution is 2.24. The molecular formula is C23H28N2O2. The molecule has 4 nitrogen and oxygen atoms in total. The van der Waals surface area contributed by atoms with Crippen LogP contribution in [0.15, 0.2) is 54.6 Å². The SMILES string of the molecule is CC[C@H](C(=O)Nc1ccccc1C(=O)NC1CCCCC1)c1ccccc1. The molecule has 0 aromatic heterocycles. The summed E-state index contributed by atoms with van der Waals surface area (Å²) in [4.78, 5) is 25.6. The summed E-state index contributed by atoms with van der Waals surface area (Å²) >= 11 is 0. The first-order valence-electron chi connectivity index (χ1n) is 9.94. The van der Waals surface area contributed by atoms with Crippen LogP contribution in [0.4, 0.5) is 5.69 Å². The topological polar surface area (TPSA) is 58.2 Å². The lowest BCUT2D eigenvalue weighted by molar-refractivity contribution is -0.117. The van der Waals surface area contributed by atoms with Crippen molar-refractivity contribution in [3.63, 3.8) is 0 Å². The zero-order valence-corrected chi connectivity index (χ0v) is 15.9. The van der Waals surface area contributed by atoms with Gasteiger partial charge in [0, 0.05) is 6.04 Å². The van der Waals surface area contributed by atoms with Crippen LogP contribution in [0.2, 0.25) is 0 Å². The predicted molar refractivity (Wildman–Crippen MR) is 109 cm³/mol. The molecule has 3 rings (SSSR count). The number of rotatable bonds is 6. The second kappa shape index (κ2) is 9.36. The minimum atomic E-state index is -0.235. The van der Waals surface area contributed by atoms with E-state index in [-0.39, 0.29) is 23.8 Å². The number of nitrogens with one attached hydrogen (secondary N) is 2. The lowest BCUT2D eigenvalue weighted by Gasteiger charge is -2.23. The van der Waals surface area contributed by atoms with Crippen LogP contribution in [-0.4, -0.2) is 17.9 Å². The van der Waals surface area contributed by atoms with Gasteiger partial charge in [-0.05, 0) is 37.0 Å². The van der Waals surface area contributed by atoms with Gasteiger partial charge in [-0.1, -0.05) is 68.7 Å². The van der Waals surface area contributed by atoms with Crippen molar-refractivity contribution in [3.8, 4) is 0 Å². The second-order valence-electron chi connectivity index (χ2n) is 7.21. The first-order valence-corrected chi connectivity index (χ1v) is 9.94. The summed E-state index contributed by atoms with van der Waals surface area (Å²) in [6.07, 6.45) is 6.35. The maximum atomic E-state index is 12.9. The van der Waals surface area contributed by atoms with Crippen molar-refractivity contribution in [1.82, 2.24) is 5.32 Å². The molecule has 0 saturated heterocycles. The van der Waals surface area contributed by atoms with E-state index in [9.17, 15) is 9.59 Å². The number of carbonyl (C=O) groups excluding carboxylic acids is 2. The van der Waals surface area contributed by atoms with Gasteiger partial charge in [-0.15, -0.1) is 0 Å². The Morgan fingerprint density at radius 2 is 1.63 bits per heavy atom. The summed E-state index contributed by atoms with van der Waals surface area (Å²) in [6, 6.07) is 17.2. The van der Waals surface area contributed by atoms with Crippen LogP contribution in [0.1, 0.15) is 67.3 Å². The molecule has 2 amide bonds. The highest BCUT2D eigenvalue weighted by molar-refractivity contribution is 6.05. The normalized spacial score (nSPS) is 15.7. The quantitative estimate of drug-likeness (QED) is 0.767. The molecule has 1 fully saturated rings. The molecule has 0 radical (unpaired) electrons. The van der Waals surface area contributed by atoms with Crippen molar-refractivity contribution >= 4 is 17.5 Å². The molecule has 0 bridgehead atoms. The van der Waals surface area contributed by atoms with Crippen LogP contribution in [-0.2, 0) is 4.79 Å². The van der Waals surface area contributed by atoms with E-state index in [0.717, 1.165) is 18.4 Å². The van der Waals surface area contributed by atoms with Crippen LogP contribution >= 0.6 is 0 Å². The number of carbonyl (C=O) groups is 2. The first-order chi connectivity index (χ1) is 13.2. The summed E-state index contributed by atoms with van der Waals surface area (Å²) in [7, 11) is 0. The Kier molecular flexibility index (Phi) is 6.64. The molecule has 0 spiro atoms. The maximum Gasteiger partial charge on any atom is 0.253 e. The van der Waals surface area contributed by atoms with Crippen molar-refractivity contribution in [2.45, 2.75) is 57.4 Å². The molecule has 0 aliphatic heterocycles. The second-order valence-corrected chi connectivity index (χ2v) is 7.21. The van der Waals surface area contributed by atoms with Gasteiger partial charge in [0.05, 0.1) is 17.2 Å². The smallest absolute Gasteiger partial charge is 0.253 e. The molecule has 1 saturated carbocycles. The van der Waals surface area contributed by atoms with Gasteiger partial charge in [-0.2, -0.15) is 0 Å². The van der Waals surface area contributed by atoms with E-state index in [2.05, 4.69) is 10.6 Å². The van der Waals surface area contributed by atoms with E-state index in [4.69, 9.17) is 0 Å². The van der Waals surface area contributed by atoms with Crippen molar-refractivity contribution in [2.75, 3.05) is 5.32 Å². The van der Waals surface area contributed by atoms with Gasteiger partial charge in [0.2, 0.25) is 5.91 Å². The van der Waals surface area contributed by atoms with Crippen molar-refractivity contribution in [1.29, 1.82) is 0 Å². The van der Waals surface area contributed by atoms with E-state index < -0.39 is 0 Å². The van der Waals surface area contributed by atoms with Crippen LogP contribution in [0.5, 0.6) is 0 Å². The zero-order valence-electron chi connectivity index (χ0n) is 15.9. The van der Waals surface area contributed by atoms with Crippen molar-refractivity contribution < 1.29 is 9.59 Å². The fourth-order valence-corrected chi connectivity index (χ4v) is 3.78. The lowest BCUT2D eigenvalue weighted by Crippen LogP contribution is -2.36. The molecule has 4 heteroatoms. The number of amides is 2. The lowest BCUT2D eigenvalue weighted by atomic mass is 9.95. The largest absolute Gasteiger partial charge is 0.349 e. The minimum Gasteiger partial charge on any atom is -0.349 e. The number of anilines is 1. The van der Waals surface area contributed by atoms with Crippen molar-refractivity contribution in [3.05, 3.63) is 65.7 Å². The number of hydrogen-bond acceptors (Lipinski definition) is 2.